The molecule has 1 aliphatic rings. The molecular weight excluding hydrogens is 366 g/mol. The van der Waals surface area contributed by atoms with Crippen LogP contribution in [0.3, 0.4) is 0 Å². The number of benzene rings is 1. The Hall–Kier alpha value is -1.33. The predicted octanol–water partition coefficient (Wildman–Crippen LogP) is 0.832. The summed E-state index contributed by atoms with van der Waals surface area (Å²) in [4.78, 5) is 12.6. The zero-order chi connectivity index (χ0) is 18.4. The monoisotopic (exact) mass is 389 g/mol. The van der Waals surface area contributed by atoms with Gasteiger partial charge < -0.3 is 14.8 Å². The van der Waals surface area contributed by atoms with Crippen molar-refractivity contribution in [3.8, 4) is 5.75 Å². The summed E-state index contributed by atoms with van der Waals surface area (Å²) in [6.07, 6.45) is 0. The summed E-state index contributed by atoms with van der Waals surface area (Å²) in [6.45, 7) is 0.520. The number of carbonyl (C=O) groups is 1. The molecule has 0 radical (unpaired) electrons. The molecule has 140 valence electrons. The lowest BCUT2D eigenvalue weighted by molar-refractivity contribution is -0.118. The molecule has 1 N–H and O–H groups in total. The fraction of sp³-hybridized carbons (Fsp3) is 0.533. The van der Waals surface area contributed by atoms with Crippen molar-refractivity contribution in [1.29, 1.82) is 0 Å². The van der Waals surface area contributed by atoms with E-state index in [4.69, 9.17) is 9.47 Å². The average Bonchev–Trinajstić information content (AvgIpc) is 3.11. The second kappa shape index (κ2) is 8.86. The summed E-state index contributed by atoms with van der Waals surface area (Å²) in [5.41, 5.74) is 0.591. The van der Waals surface area contributed by atoms with Crippen LogP contribution in [0.1, 0.15) is 0 Å². The third-order valence-corrected chi connectivity index (χ3v) is 6.92. The number of rotatable bonds is 8. The largest absolute Gasteiger partial charge is 0.497 e. The number of thioether (sulfide) groups is 1. The molecule has 10 heteroatoms. The van der Waals surface area contributed by atoms with Crippen molar-refractivity contribution in [2.45, 2.75) is 6.04 Å². The lowest BCUT2D eigenvalue weighted by Gasteiger charge is -2.27. The van der Waals surface area contributed by atoms with E-state index in [1.165, 1.54) is 34.5 Å². The second-order valence-corrected chi connectivity index (χ2v) is 8.43. The van der Waals surface area contributed by atoms with Crippen LogP contribution in [0.4, 0.5) is 5.69 Å². The molecule has 0 aromatic heterocycles. The maximum atomic E-state index is 12.7. The second-order valence-electron chi connectivity index (χ2n) is 5.44. The normalized spacial score (nSPS) is 18.5. The highest BCUT2D eigenvalue weighted by molar-refractivity contribution is 8.00. The molecule has 8 nitrogen and oxygen atoms in total. The molecule has 2 rings (SSSR count). The molecule has 0 saturated carbocycles. The number of hydrogen-bond donors (Lipinski definition) is 1. The molecule has 0 aliphatic carbocycles. The van der Waals surface area contributed by atoms with E-state index in [-0.39, 0.29) is 18.3 Å². The summed E-state index contributed by atoms with van der Waals surface area (Å²) in [7, 11) is 0.832. The highest BCUT2D eigenvalue weighted by Gasteiger charge is 2.41. The summed E-state index contributed by atoms with van der Waals surface area (Å²) in [6, 6.07) is 6.13. The molecule has 1 atom stereocenters. The first kappa shape index (κ1) is 20.0. The topological polar surface area (TPSA) is 88.2 Å². The van der Waals surface area contributed by atoms with Crippen LogP contribution in [0.25, 0.3) is 0 Å². The molecule has 0 unspecified atom stereocenters. The maximum Gasteiger partial charge on any atom is 0.283 e. The van der Waals surface area contributed by atoms with Gasteiger partial charge in [0.05, 0.1) is 19.6 Å². The molecule has 25 heavy (non-hydrogen) atoms. The molecule has 1 fully saturated rings. The third kappa shape index (κ3) is 4.85. The van der Waals surface area contributed by atoms with Crippen molar-refractivity contribution in [2.24, 2.45) is 0 Å². The summed E-state index contributed by atoms with van der Waals surface area (Å²) in [5, 5.41) is 2.76. The Morgan fingerprint density at radius 2 is 2.04 bits per heavy atom. The van der Waals surface area contributed by atoms with Crippen molar-refractivity contribution in [1.82, 2.24) is 8.61 Å². The smallest absolute Gasteiger partial charge is 0.283 e. The van der Waals surface area contributed by atoms with Gasteiger partial charge in [-0.3, -0.25) is 4.79 Å². The highest BCUT2D eigenvalue weighted by Crippen LogP contribution is 2.27. The number of nitrogens with zero attached hydrogens (tertiary/aromatic N) is 2. The summed E-state index contributed by atoms with van der Waals surface area (Å²) in [5.74, 6) is 0.997. The average molecular weight is 389 g/mol. The number of nitrogens with one attached hydrogen (secondary N) is 1. The van der Waals surface area contributed by atoms with Gasteiger partial charge in [-0.2, -0.15) is 17.0 Å². The van der Waals surface area contributed by atoms with Crippen LogP contribution in [0, 0.1) is 0 Å². The first-order valence-electron chi connectivity index (χ1n) is 7.65. The van der Waals surface area contributed by atoms with Crippen LogP contribution >= 0.6 is 11.8 Å². The molecular formula is C15H23N3O5S2. The lowest BCUT2D eigenvalue weighted by Crippen LogP contribution is -2.50. The standard InChI is InChI=1S/C15H23N3O5S2/c1-17(8-9-22-2)25(20,21)18-11-24-10-14(18)15(19)16-12-4-6-13(23-3)7-5-12/h4-7,14H,8-11H2,1-3H3,(H,16,19)/t14-/m1/s1. The Kier molecular flexibility index (Phi) is 7.08. The Morgan fingerprint density at radius 3 is 2.64 bits per heavy atom. The van der Waals surface area contributed by atoms with Crippen molar-refractivity contribution in [3.05, 3.63) is 24.3 Å². The van der Waals surface area contributed by atoms with Gasteiger partial charge >= 0.3 is 0 Å². The van der Waals surface area contributed by atoms with Gasteiger partial charge in [-0.25, -0.2) is 0 Å². The van der Waals surface area contributed by atoms with Crippen LogP contribution < -0.4 is 10.1 Å². The van der Waals surface area contributed by atoms with Gasteiger partial charge in [0.1, 0.15) is 11.8 Å². The van der Waals surface area contributed by atoms with Gasteiger partial charge in [0.2, 0.25) is 5.91 Å². The minimum absolute atomic E-state index is 0.229. The van der Waals surface area contributed by atoms with Crippen LogP contribution in [-0.4, -0.2) is 75.0 Å². The molecule has 1 aliphatic heterocycles. The van der Waals surface area contributed by atoms with Gasteiger partial charge in [0.15, 0.2) is 0 Å². The van der Waals surface area contributed by atoms with Crippen LogP contribution in [-0.2, 0) is 19.7 Å². The minimum atomic E-state index is -3.72. The molecule has 1 aromatic carbocycles. The van der Waals surface area contributed by atoms with Gasteiger partial charge in [-0.15, -0.1) is 11.8 Å². The van der Waals surface area contributed by atoms with E-state index in [0.29, 0.717) is 23.8 Å². The Morgan fingerprint density at radius 1 is 1.36 bits per heavy atom. The highest BCUT2D eigenvalue weighted by atomic mass is 32.2. The Bertz CT molecular complexity index is 681. The zero-order valence-electron chi connectivity index (χ0n) is 14.5. The minimum Gasteiger partial charge on any atom is -0.497 e. The molecule has 0 spiro atoms. The van der Waals surface area contributed by atoms with E-state index in [0.717, 1.165) is 0 Å². The number of methoxy groups -OCH3 is 2. The first-order chi connectivity index (χ1) is 11.9. The fourth-order valence-electron chi connectivity index (χ4n) is 2.28. The zero-order valence-corrected chi connectivity index (χ0v) is 16.1. The van der Waals surface area contributed by atoms with Crippen molar-refractivity contribution < 1.29 is 22.7 Å². The van der Waals surface area contributed by atoms with E-state index in [2.05, 4.69) is 5.32 Å². The molecule has 0 bridgehead atoms. The quantitative estimate of drug-likeness (QED) is 0.709. The molecule has 1 aromatic rings. The van der Waals surface area contributed by atoms with Crippen LogP contribution in [0.15, 0.2) is 24.3 Å². The van der Waals surface area contributed by atoms with E-state index in [9.17, 15) is 13.2 Å². The van der Waals surface area contributed by atoms with E-state index in [1.807, 2.05) is 0 Å². The number of amides is 1. The third-order valence-electron chi connectivity index (χ3n) is 3.80. The van der Waals surface area contributed by atoms with Crippen LogP contribution in [0.2, 0.25) is 0 Å². The number of carbonyl (C=O) groups excluding carboxylic acids is 1. The number of hydrogen-bond acceptors (Lipinski definition) is 6. The number of ether oxygens (including phenoxy) is 2. The fourth-order valence-corrected chi connectivity index (χ4v) is 5.30. The Balaban J connectivity index is 2.07. The number of anilines is 1. The SMILES string of the molecule is COCCN(C)S(=O)(=O)N1CSC[C@@H]1C(=O)Nc1ccc(OC)cc1. The van der Waals surface area contributed by atoms with E-state index >= 15 is 0 Å². The van der Waals surface area contributed by atoms with Crippen LogP contribution in [0.5, 0.6) is 5.75 Å². The van der Waals surface area contributed by atoms with Gasteiger partial charge in [0.25, 0.3) is 10.2 Å². The van der Waals surface area contributed by atoms with E-state index < -0.39 is 16.3 Å². The van der Waals surface area contributed by atoms with Crippen molar-refractivity contribution in [2.75, 3.05) is 51.4 Å². The lowest BCUT2D eigenvalue weighted by atomic mass is 10.2. The van der Waals surface area contributed by atoms with Gasteiger partial charge in [-0.05, 0) is 24.3 Å². The first-order valence-corrected chi connectivity index (χ1v) is 10.2. The Labute approximate surface area is 152 Å². The number of likely N-dealkylation sites (N-methyl/N-ethyl adjacent to an activating group) is 1. The molecule has 1 heterocycles. The predicted molar refractivity (Wildman–Crippen MR) is 98.0 cm³/mol. The summed E-state index contributed by atoms with van der Waals surface area (Å²) >= 11 is 1.41. The maximum absolute atomic E-state index is 12.7. The van der Waals surface area contributed by atoms with Crippen molar-refractivity contribution in [3.63, 3.8) is 0 Å². The van der Waals surface area contributed by atoms with E-state index in [1.54, 1.807) is 31.4 Å². The molecule has 1 saturated heterocycles. The van der Waals surface area contributed by atoms with Crippen molar-refractivity contribution >= 4 is 33.6 Å². The summed E-state index contributed by atoms with van der Waals surface area (Å²) < 4.78 is 37.8. The molecule has 1 amide bonds. The van der Waals surface area contributed by atoms with Gasteiger partial charge in [-0.1, -0.05) is 0 Å². The van der Waals surface area contributed by atoms with Gasteiger partial charge in [0, 0.05) is 32.1 Å².